The maximum atomic E-state index is 5.77. The molecule has 14 heavy (non-hydrogen) atoms. The van der Waals surface area contributed by atoms with Crippen LogP contribution in [0.4, 0.5) is 0 Å². The van der Waals surface area contributed by atoms with Crippen molar-refractivity contribution in [3.63, 3.8) is 0 Å². The first-order chi connectivity index (χ1) is 6.51. The third-order valence-corrected chi connectivity index (χ3v) is 1.50. The molecule has 78 valence electrons. The summed E-state index contributed by atoms with van der Waals surface area (Å²) in [6, 6.07) is 5.36. The predicted octanol–water partition coefficient (Wildman–Crippen LogP) is 1.21. The lowest BCUT2D eigenvalue weighted by Gasteiger charge is -2.18. The number of aromatic nitrogens is 1. The molecule has 0 aliphatic carbocycles. The Labute approximate surface area is 84.0 Å². The molecule has 0 aromatic carbocycles. The predicted molar refractivity (Wildman–Crippen MR) is 54.6 cm³/mol. The molecule has 0 radical (unpaired) electrons. The second kappa shape index (κ2) is 4.28. The lowest BCUT2D eigenvalue weighted by Crippen LogP contribution is -2.38. The molecule has 0 fully saturated rings. The van der Waals surface area contributed by atoms with Gasteiger partial charge in [0.1, 0.15) is 6.61 Å². The maximum Gasteiger partial charge on any atom is 0.216 e. The van der Waals surface area contributed by atoms with Gasteiger partial charge in [0.25, 0.3) is 0 Å². The highest BCUT2D eigenvalue weighted by molar-refractivity contribution is 5.19. The summed E-state index contributed by atoms with van der Waals surface area (Å²) in [7, 11) is 1.57. The molecule has 1 rings (SSSR count). The van der Waals surface area contributed by atoms with Crippen LogP contribution in [-0.4, -0.2) is 24.2 Å². The molecule has 1 aromatic rings. The molecule has 2 N–H and O–H groups in total. The fourth-order valence-corrected chi connectivity index (χ4v) is 0.850. The van der Waals surface area contributed by atoms with Gasteiger partial charge in [0.15, 0.2) is 0 Å². The molecule has 0 bridgehead atoms. The monoisotopic (exact) mass is 196 g/mol. The average Bonchev–Trinajstić information content (AvgIpc) is 2.14. The van der Waals surface area contributed by atoms with Gasteiger partial charge in [-0.1, -0.05) is 6.07 Å². The fraction of sp³-hybridized carbons (Fsp3) is 0.500. The van der Waals surface area contributed by atoms with E-state index in [0.29, 0.717) is 18.4 Å². The number of hydrogen-bond donors (Lipinski definition) is 1. The Morgan fingerprint density at radius 2 is 2.00 bits per heavy atom. The molecule has 1 heterocycles. The molecule has 0 spiro atoms. The second-order valence-electron chi connectivity index (χ2n) is 3.80. The van der Waals surface area contributed by atoms with Crippen molar-refractivity contribution in [3.8, 4) is 11.8 Å². The zero-order valence-electron chi connectivity index (χ0n) is 8.78. The van der Waals surface area contributed by atoms with Gasteiger partial charge in [-0.2, -0.15) is 4.98 Å². The normalized spacial score (nSPS) is 11.1. The molecular weight excluding hydrogens is 180 g/mol. The number of rotatable bonds is 4. The van der Waals surface area contributed by atoms with Crippen LogP contribution in [0, 0.1) is 0 Å². The Morgan fingerprint density at radius 1 is 1.36 bits per heavy atom. The van der Waals surface area contributed by atoms with E-state index < -0.39 is 0 Å². The molecule has 4 nitrogen and oxygen atoms in total. The highest BCUT2D eigenvalue weighted by Crippen LogP contribution is 2.13. The van der Waals surface area contributed by atoms with Crippen LogP contribution < -0.4 is 15.2 Å². The lowest BCUT2D eigenvalue weighted by molar-refractivity contribution is 0.232. The third-order valence-electron chi connectivity index (χ3n) is 1.50. The molecule has 0 unspecified atom stereocenters. The molecule has 0 saturated heterocycles. The van der Waals surface area contributed by atoms with Crippen molar-refractivity contribution in [1.82, 2.24) is 4.98 Å². The summed E-state index contributed by atoms with van der Waals surface area (Å²) in [5.41, 5.74) is 5.41. The topological polar surface area (TPSA) is 57.4 Å². The van der Waals surface area contributed by atoms with Crippen molar-refractivity contribution in [1.29, 1.82) is 0 Å². The second-order valence-corrected chi connectivity index (χ2v) is 3.80. The SMILES string of the molecule is COc1cccc(OCC(C)(C)N)n1. The van der Waals surface area contributed by atoms with Gasteiger partial charge in [-0.15, -0.1) is 0 Å². The van der Waals surface area contributed by atoms with E-state index in [1.165, 1.54) is 0 Å². The number of pyridine rings is 1. The van der Waals surface area contributed by atoms with E-state index in [4.69, 9.17) is 15.2 Å². The van der Waals surface area contributed by atoms with Crippen LogP contribution in [0.1, 0.15) is 13.8 Å². The molecule has 0 aliphatic rings. The van der Waals surface area contributed by atoms with Gasteiger partial charge in [-0.3, -0.25) is 0 Å². The number of nitrogens with zero attached hydrogens (tertiary/aromatic N) is 1. The first-order valence-electron chi connectivity index (χ1n) is 4.44. The fourth-order valence-electron chi connectivity index (χ4n) is 0.850. The van der Waals surface area contributed by atoms with Crippen LogP contribution in [-0.2, 0) is 0 Å². The average molecular weight is 196 g/mol. The number of methoxy groups -OCH3 is 1. The van der Waals surface area contributed by atoms with Gasteiger partial charge in [0.2, 0.25) is 11.8 Å². The smallest absolute Gasteiger partial charge is 0.216 e. The summed E-state index contributed by atoms with van der Waals surface area (Å²) in [4.78, 5) is 4.09. The summed E-state index contributed by atoms with van der Waals surface area (Å²) >= 11 is 0. The van der Waals surface area contributed by atoms with Crippen LogP contribution in [0.2, 0.25) is 0 Å². The summed E-state index contributed by atoms with van der Waals surface area (Å²) in [5.74, 6) is 1.07. The van der Waals surface area contributed by atoms with Crippen molar-refractivity contribution in [2.24, 2.45) is 5.73 Å². The zero-order valence-corrected chi connectivity index (χ0v) is 8.78. The Morgan fingerprint density at radius 3 is 2.57 bits per heavy atom. The van der Waals surface area contributed by atoms with E-state index in [1.54, 1.807) is 19.2 Å². The van der Waals surface area contributed by atoms with Gasteiger partial charge in [0, 0.05) is 17.7 Å². The molecule has 1 aromatic heterocycles. The van der Waals surface area contributed by atoms with Crippen molar-refractivity contribution in [3.05, 3.63) is 18.2 Å². The van der Waals surface area contributed by atoms with Gasteiger partial charge in [-0.05, 0) is 13.8 Å². The van der Waals surface area contributed by atoms with Crippen molar-refractivity contribution in [2.45, 2.75) is 19.4 Å². The molecule has 0 atom stereocenters. The number of nitrogens with two attached hydrogens (primary N) is 1. The van der Waals surface area contributed by atoms with Crippen molar-refractivity contribution >= 4 is 0 Å². The summed E-state index contributed by atoms with van der Waals surface area (Å²) in [6.45, 7) is 4.22. The van der Waals surface area contributed by atoms with E-state index >= 15 is 0 Å². The van der Waals surface area contributed by atoms with E-state index in [2.05, 4.69) is 4.98 Å². The van der Waals surface area contributed by atoms with Crippen LogP contribution in [0.5, 0.6) is 11.8 Å². The Balaban J connectivity index is 2.59. The Kier molecular flexibility index (Phi) is 3.30. The zero-order chi connectivity index (χ0) is 10.6. The van der Waals surface area contributed by atoms with E-state index in [1.807, 2.05) is 19.9 Å². The summed E-state index contributed by atoms with van der Waals surface area (Å²) in [5, 5.41) is 0. The highest BCUT2D eigenvalue weighted by Gasteiger charge is 2.11. The minimum Gasteiger partial charge on any atom is -0.481 e. The molecule has 4 heteroatoms. The minimum atomic E-state index is -0.356. The molecule has 0 aliphatic heterocycles. The van der Waals surface area contributed by atoms with Crippen LogP contribution in [0.3, 0.4) is 0 Å². The minimum absolute atomic E-state index is 0.356. The quantitative estimate of drug-likeness (QED) is 0.786. The Bertz CT molecular complexity index is 294. The first-order valence-corrected chi connectivity index (χ1v) is 4.44. The van der Waals surface area contributed by atoms with Crippen LogP contribution in [0.25, 0.3) is 0 Å². The molecule has 0 saturated carbocycles. The number of ether oxygens (including phenoxy) is 2. The molecular formula is C10H16N2O2. The van der Waals surface area contributed by atoms with Gasteiger partial charge in [0.05, 0.1) is 7.11 Å². The highest BCUT2D eigenvalue weighted by atomic mass is 16.5. The van der Waals surface area contributed by atoms with E-state index in [9.17, 15) is 0 Å². The largest absolute Gasteiger partial charge is 0.481 e. The van der Waals surface area contributed by atoms with Crippen molar-refractivity contribution < 1.29 is 9.47 Å². The van der Waals surface area contributed by atoms with Crippen molar-refractivity contribution in [2.75, 3.05) is 13.7 Å². The van der Waals surface area contributed by atoms with E-state index in [-0.39, 0.29) is 5.54 Å². The summed E-state index contributed by atoms with van der Waals surface area (Å²) < 4.78 is 10.4. The standard InChI is InChI=1S/C10H16N2O2/c1-10(2,11)7-14-9-6-4-5-8(12-9)13-3/h4-6H,7,11H2,1-3H3. The number of hydrogen-bond acceptors (Lipinski definition) is 4. The molecule has 0 amide bonds. The van der Waals surface area contributed by atoms with E-state index in [0.717, 1.165) is 0 Å². The lowest BCUT2D eigenvalue weighted by atomic mass is 10.1. The van der Waals surface area contributed by atoms with Gasteiger partial charge < -0.3 is 15.2 Å². The van der Waals surface area contributed by atoms with Gasteiger partial charge in [-0.25, -0.2) is 0 Å². The maximum absolute atomic E-state index is 5.77. The summed E-state index contributed by atoms with van der Waals surface area (Å²) in [6.07, 6.45) is 0. The third kappa shape index (κ3) is 3.62. The van der Waals surface area contributed by atoms with Crippen LogP contribution in [0.15, 0.2) is 18.2 Å². The van der Waals surface area contributed by atoms with Crippen LogP contribution >= 0.6 is 0 Å². The van der Waals surface area contributed by atoms with Gasteiger partial charge >= 0.3 is 0 Å². The Hall–Kier alpha value is -1.29. The first kappa shape index (κ1) is 10.8.